The summed E-state index contributed by atoms with van der Waals surface area (Å²) in [4.78, 5) is 18.2. The van der Waals surface area contributed by atoms with Gasteiger partial charge in [-0.25, -0.2) is 4.98 Å². The normalized spacial score (nSPS) is 20.0. The van der Waals surface area contributed by atoms with Crippen molar-refractivity contribution in [1.82, 2.24) is 4.98 Å². The predicted molar refractivity (Wildman–Crippen MR) is 73.9 cm³/mol. The SMILES string of the molecule is Cc1nc2ccc(N3CC(CN)CC3=O)cc2s1. The Morgan fingerprint density at radius 2 is 2.39 bits per heavy atom. The molecule has 1 aliphatic heterocycles. The number of fused-ring (bicyclic) bond motifs is 1. The van der Waals surface area contributed by atoms with Crippen molar-refractivity contribution in [3.8, 4) is 0 Å². The number of nitrogens with two attached hydrogens (primary N) is 1. The number of rotatable bonds is 2. The molecule has 0 radical (unpaired) electrons. The summed E-state index contributed by atoms with van der Waals surface area (Å²) in [5, 5.41) is 1.05. The smallest absolute Gasteiger partial charge is 0.227 e. The van der Waals surface area contributed by atoms with Crippen LogP contribution in [-0.2, 0) is 4.79 Å². The number of nitrogens with zero attached hydrogens (tertiary/aromatic N) is 2. The monoisotopic (exact) mass is 261 g/mol. The summed E-state index contributed by atoms with van der Waals surface area (Å²) in [6, 6.07) is 6.01. The van der Waals surface area contributed by atoms with E-state index in [1.165, 1.54) is 0 Å². The molecule has 1 aliphatic rings. The number of carbonyl (C=O) groups is 1. The lowest BCUT2D eigenvalue weighted by Gasteiger charge is -2.16. The standard InChI is InChI=1S/C13H15N3OS/c1-8-15-11-3-2-10(5-12(11)18-8)16-7-9(6-14)4-13(16)17/h2-3,5,9H,4,6-7,14H2,1H3. The predicted octanol–water partition coefficient (Wildman–Crippen LogP) is 1.92. The maximum absolute atomic E-state index is 11.9. The number of carbonyl (C=O) groups excluding carboxylic acids is 1. The average molecular weight is 261 g/mol. The van der Waals surface area contributed by atoms with Crippen LogP contribution in [0, 0.1) is 12.8 Å². The van der Waals surface area contributed by atoms with E-state index in [4.69, 9.17) is 5.73 Å². The van der Waals surface area contributed by atoms with Crippen LogP contribution in [0.15, 0.2) is 18.2 Å². The number of aryl methyl sites for hydroxylation is 1. The lowest BCUT2D eigenvalue weighted by molar-refractivity contribution is -0.117. The van der Waals surface area contributed by atoms with Crippen LogP contribution in [0.25, 0.3) is 10.2 Å². The third-order valence-electron chi connectivity index (χ3n) is 3.33. The summed E-state index contributed by atoms with van der Waals surface area (Å²) >= 11 is 1.66. The Kier molecular flexibility index (Phi) is 2.80. The molecule has 5 heteroatoms. The van der Waals surface area contributed by atoms with Crippen LogP contribution in [-0.4, -0.2) is 24.0 Å². The highest BCUT2D eigenvalue weighted by molar-refractivity contribution is 7.18. The van der Waals surface area contributed by atoms with Gasteiger partial charge in [0.15, 0.2) is 0 Å². The van der Waals surface area contributed by atoms with Gasteiger partial charge in [0.25, 0.3) is 0 Å². The molecule has 0 aliphatic carbocycles. The van der Waals surface area contributed by atoms with Gasteiger partial charge in [0.1, 0.15) is 0 Å². The minimum atomic E-state index is 0.172. The molecule has 0 spiro atoms. The minimum Gasteiger partial charge on any atom is -0.330 e. The maximum atomic E-state index is 11.9. The lowest BCUT2D eigenvalue weighted by atomic mass is 10.1. The van der Waals surface area contributed by atoms with Crippen molar-refractivity contribution >= 4 is 33.1 Å². The van der Waals surface area contributed by atoms with E-state index in [0.717, 1.165) is 27.5 Å². The van der Waals surface area contributed by atoms with Gasteiger partial charge < -0.3 is 10.6 Å². The van der Waals surface area contributed by atoms with Crippen LogP contribution >= 0.6 is 11.3 Å². The Labute approximate surface area is 109 Å². The Hall–Kier alpha value is -1.46. The molecule has 1 aromatic heterocycles. The zero-order chi connectivity index (χ0) is 12.7. The molecule has 2 N–H and O–H groups in total. The van der Waals surface area contributed by atoms with Crippen LogP contribution in [0.3, 0.4) is 0 Å². The van der Waals surface area contributed by atoms with Crippen molar-refractivity contribution in [3.05, 3.63) is 23.2 Å². The van der Waals surface area contributed by atoms with E-state index in [0.29, 0.717) is 13.0 Å². The Morgan fingerprint density at radius 1 is 1.56 bits per heavy atom. The highest BCUT2D eigenvalue weighted by atomic mass is 32.1. The zero-order valence-electron chi connectivity index (χ0n) is 10.2. The first-order valence-electron chi connectivity index (χ1n) is 6.05. The Morgan fingerprint density at radius 3 is 3.11 bits per heavy atom. The van der Waals surface area contributed by atoms with E-state index in [-0.39, 0.29) is 11.8 Å². The third kappa shape index (κ3) is 1.89. The molecule has 94 valence electrons. The molecule has 18 heavy (non-hydrogen) atoms. The van der Waals surface area contributed by atoms with Crippen LogP contribution < -0.4 is 10.6 Å². The van der Waals surface area contributed by atoms with Crippen molar-refractivity contribution < 1.29 is 4.79 Å². The second-order valence-corrected chi connectivity index (χ2v) is 5.93. The lowest BCUT2D eigenvalue weighted by Crippen LogP contribution is -2.25. The average Bonchev–Trinajstić information content (AvgIpc) is 2.89. The second kappa shape index (κ2) is 4.33. The first-order valence-corrected chi connectivity index (χ1v) is 6.86. The van der Waals surface area contributed by atoms with Crippen molar-refractivity contribution in [1.29, 1.82) is 0 Å². The van der Waals surface area contributed by atoms with Crippen LogP contribution in [0.1, 0.15) is 11.4 Å². The fraction of sp³-hybridized carbons (Fsp3) is 0.385. The summed E-state index contributed by atoms with van der Waals surface area (Å²) in [5.41, 5.74) is 7.61. The van der Waals surface area contributed by atoms with Gasteiger partial charge in [-0.05, 0) is 37.6 Å². The molecular formula is C13H15N3OS. The zero-order valence-corrected chi connectivity index (χ0v) is 11.0. The molecule has 1 fully saturated rings. The highest BCUT2D eigenvalue weighted by Crippen LogP contribution is 2.30. The van der Waals surface area contributed by atoms with E-state index in [1.54, 1.807) is 11.3 Å². The molecule has 1 saturated heterocycles. The number of anilines is 1. The number of hydrogen-bond donors (Lipinski definition) is 1. The summed E-state index contributed by atoms with van der Waals surface area (Å²) in [6.07, 6.45) is 0.566. The molecule has 4 nitrogen and oxygen atoms in total. The van der Waals surface area contributed by atoms with Crippen molar-refractivity contribution in [2.75, 3.05) is 18.0 Å². The summed E-state index contributed by atoms with van der Waals surface area (Å²) in [5.74, 6) is 0.461. The third-order valence-corrected chi connectivity index (χ3v) is 4.26. The maximum Gasteiger partial charge on any atom is 0.227 e. The fourth-order valence-corrected chi connectivity index (χ4v) is 3.25. The Bertz CT molecular complexity index is 607. The Balaban J connectivity index is 1.96. The molecule has 0 saturated carbocycles. The summed E-state index contributed by atoms with van der Waals surface area (Å²) in [6.45, 7) is 3.30. The van der Waals surface area contributed by atoms with Crippen molar-refractivity contribution in [3.63, 3.8) is 0 Å². The van der Waals surface area contributed by atoms with Gasteiger partial charge in [-0.15, -0.1) is 11.3 Å². The summed E-state index contributed by atoms with van der Waals surface area (Å²) < 4.78 is 1.13. The number of hydrogen-bond acceptors (Lipinski definition) is 4. The molecule has 1 unspecified atom stereocenters. The van der Waals surface area contributed by atoms with E-state index < -0.39 is 0 Å². The molecule has 1 amide bonds. The fourth-order valence-electron chi connectivity index (χ4n) is 2.39. The number of aromatic nitrogens is 1. The van der Waals surface area contributed by atoms with Crippen molar-refractivity contribution in [2.24, 2.45) is 11.7 Å². The molecular weight excluding hydrogens is 246 g/mol. The largest absolute Gasteiger partial charge is 0.330 e. The summed E-state index contributed by atoms with van der Waals surface area (Å²) in [7, 11) is 0. The number of amides is 1. The van der Waals surface area contributed by atoms with Gasteiger partial charge in [-0.2, -0.15) is 0 Å². The van der Waals surface area contributed by atoms with Gasteiger partial charge >= 0.3 is 0 Å². The van der Waals surface area contributed by atoms with E-state index in [1.807, 2.05) is 24.0 Å². The van der Waals surface area contributed by atoms with E-state index >= 15 is 0 Å². The van der Waals surface area contributed by atoms with Gasteiger partial charge in [0.2, 0.25) is 5.91 Å². The molecule has 2 aromatic rings. The number of thiazole rings is 1. The molecule has 0 bridgehead atoms. The van der Waals surface area contributed by atoms with Gasteiger partial charge in [0, 0.05) is 18.7 Å². The topological polar surface area (TPSA) is 59.2 Å². The van der Waals surface area contributed by atoms with Gasteiger partial charge in [-0.3, -0.25) is 4.79 Å². The quantitative estimate of drug-likeness (QED) is 0.898. The van der Waals surface area contributed by atoms with Gasteiger partial charge in [-0.1, -0.05) is 0 Å². The molecule has 1 aromatic carbocycles. The van der Waals surface area contributed by atoms with E-state index in [2.05, 4.69) is 11.1 Å². The highest BCUT2D eigenvalue weighted by Gasteiger charge is 2.29. The van der Waals surface area contributed by atoms with Crippen LogP contribution in [0.5, 0.6) is 0 Å². The molecule has 3 rings (SSSR count). The van der Waals surface area contributed by atoms with Gasteiger partial charge in [0.05, 0.1) is 15.2 Å². The van der Waals surface area contributed by atoms with E-state index in [9.17, 15) is 4.79 Å². The first kappa shape index (κ1) is 11.6. The van der Waals surface area contributed by atoms with Crippen LogP contribution in [0.4, 0.5) is 5.69 Å². The van der Waals surface area contributed by atoms with Crippen LogP contribution in [0.2, 0.25) is 0 Å². The second-order valence-electron chi connectivity index (χ2n) is 4.70. The number of benzene rings is 1. The first-order chi connectivity index (χ1) is 8.67. The molecule has 1 atom stereocenters. The minimum absolute atomic E-state index is 0.172. The molecule has 2 heterocycles. The van der Waals surface area contributed by atoms with Crippen molar-refractivity contribution in [2.45, 2.75) is 13.3 Å².